The minimum absolute atomic E-state index is 0.0773. The molecule has 5 heteroatoms. The highest BCUT2D eigenvalue weighted by atomic mass is 16.2. The summed E-state index contributed by atoms with van der Waals surface area (Å²) in [6.07, 6.45) is 6.77. The van der Waals surface area contributed by atoms with Crippen molar-refractivity contribution in [2.24, 2.45) is 0 Å². The van der Waals surface area contributed by atoms with Gasteiger partial charge in [0.25, 0.3) is 0 Å². The van der Waals surface area contributed by atoms with Crippen molar-refractivity contribution in [1.82, 2.24) is 19.7 Å². The van der Waals surface area contributed by atoms with E-state index in [1.54, 1.807) is 0 Å². The Morgan fingerprint density at radius 3 is 2.52 bits per heavy atom. The summed E-state index contributed by atoms with van der Waals surface area (Å²) in [5, 5.41) is 8.99. The fraction of sp³-hybridized carbons (Fsp3) is 0.591. The van der Waals surface area contributed by atoms with Crippen LogP contribution in [0.5, 0.6) is 0 Å². The van der Waals surface area contributed by atoms with E-state index in [4.69, 9.17) is 0 Å². The Bertz CT molecular complexity index is 787. The number of hydrogen-bond acceptors (Lipinski definition) is 3. The summed E-state index contributed by atoms with van der Waals surface area (Å²) in [5.41, 5.74) is 2.34. The number of hydrogen-bond donors (Lipinski definition) is 0. The quantitative estimate of drug-likeness (QED) is 0.830. The Balaban J connectivity index is 1.39. The summed E-state index contributed by atoms with van der Waals surface area (Å²) in [7, 11) is 0. The van der Waals surface area contributed by atoms with Crippen LogP contribution in [0.1, 0.15) is 73.6 Å². The number of fused-ring (bicyclic) bond motifs is 1. The summed E-state index contributed by atoms with van der Waals surface area (Å²) in [5.74, 6) is 2.92. The van der Waals surface area contributed by atoms with E-state index in [0.717, 1.165) is 56.1 Å². The lowest BCUT2D eigenvalue weighted by Gasteiger charge is -2.33. The number of carbonyl (C=O) groups is 1. The molecular weight excluding hydrogens is 336 g/mol. The second-order valence-corrected chi connectivity index (χ2v) is 8.17. The normalized spacial score (nSPS) is 19.4. The highest BCUT2D eigenvalue weighted by molar-refractivity contribution is 5.83. The predicted molar refractivity (Wildman–Crippen MR) is 106 cm³/mol. The summed E-state index contributed by atoms with van der Waals surface area (Å²) in [4.78, 5) is 15.0. The molecule has 1 fully saturated rings. The summed E-state index contributed by atoms with van der Waals surface area (Å²) < 4.78 is 2.37. The van der Waals surface area contributed by atoms with Gasteiger partial charge in [0.15, 0.2) is 0 Å². The topological polar surface area (TPSA) is 51.0 Å². The standard InChI is InChI=1S/C22H30N4O/c1-16-7-9-18(10-8-16)17(2)22(27)25-14-11-19(12-15-25)21-24-23-20-6-4-3-5-13-26(20)21/h7-10,17,19H,3-6,11-15H2,1-2H3. The van der Waals surface area contributed by atoms with Crippen LogP contribution < -0.4 is 0 Å². The zero-order valence-corrected chi connectivity index (χ0v) is 16.5. The van der Waals surface area contributed by atoms with Crippen molar-refractivity contribution in [3.63, 3.8) is 0 Å². The van der Waals surface area contributed by atoms with Gasteiger partial charge in [-0.15, -0.1) is 10.2 Å². The molecule has 144 valence electrons. The number of aromatic nitrogens is 3. The Labute approximate surface area is 161 Å². The van der Waals surface area contributed by atoms with Crippen molar-refractivity contribution < 1.29 is 4.79 Å². The van der Waals surface area contributed by atoms with Gasteiger partial charge in [-0.05, 0) is 45.1 Å². The third kappa shape index (κ3) is 3.78. The van der Waals surface area contributed by atoms with E-state index in [1.807, 2.05) is 11.8 Å². The fourth-order valence-electron chi connectivity index (χ4n) is 4.44. The minimum atomic E-state index is -0.0773. The predicted octanol–water partition coefficient (Wildman–Crippen LogP) is 3.82. The maximum Gasteiger partial charge on any atom is 0.229 e. The van der Waals surface area contributed by atoms with E-state index < -0.39 is 0 Å². The van der Waals surface area contributed by atoms with Crippen LogP contribution in [0.15, 0.2) is 24.3 Å². The molecule has 2 aromatic rings. The van der Waals surface area contributed by atoms with Crippen LogP contribution in [0.4, 0.5) is 0 Å². The number of nitrogens with zero attached hydrogens (tertiary/aromatic N) is 4. The van der Waals surface area contributed by atoms with Gasteiger partial charge in [0.2, 0.25) is 5.91 Å². The lowest BCUT2D eigenvalue weighted by Crippen LogP contribution is -2.40. The van der Waals surface area contributed by atoms with E-state index in [1.165, 1.54) is 24.8 Å². The van der Waals surface area contributed by atoms with Crippen LogP contribution in [0.3, 0.4) is 0 Å². The Morgan fingerprint density at radius 2 is 1.78 bits per heavy atom. The van der Waals surface area contributed by atoms with Gasteiger partial charge in [-0.2, -0.15) is 0 Å². The maximum absolute atomic E-state index is 12.9. The van der Waals surface area contributed by atoms with Crippen molar-refractivity contribution in [1.29, 1.82) is 0 Å². The van der Waals surface area contributed by atoms with E-state index in [2.05, 4.69) is 46.0 Å². The molecular formula is C22H30N4O. The van der Waals surface area contributed by atoms with Crippen molar-refractivity contribution in [2.75, 3.05) is 13.1 Å². The Morgan fingerprint density at radius 1 is 1.04 bits per heavy atom. The monoisotopic (exact) mass is 366 g/mol. The molecule has 3 heterocycles. The van der Waals surface area contributed by atoms with Crippen LogP contribution in [0.2, 0.25) is 0 Å². The van der Waals surface area contributed by atoms with Gasteiger partial charge in [-0.3, -0.25) is 4.79 Å². The van der Waals surface area contributed by atoms with Crippen LogP contribution in [-0.4, -0.2) is 38.7 Å². The first kappa shape index (κ1) is 18.2. The van der Waals surface area contributed by atoms with Crippen LogP contribution in [0, 0.1) is 6.92 Å². The second-order valence-electron chi connectivity index (χ2n) is 8.17. The Kier molecular flexibility index (Phi) is 5.28. The van der Waals surface area contributed by atoms with E-state index in [-0.39, 0.29) is 11.8 Å². The smallest absolute Gasteiger partial charge is 0.229 e. The van der Waals surface area contributed by atoms with Crippen LogP contribution in [0.25, 0.3) is 0 Å². The van der Waals surface area contributed by atoms with Crippen molar-refractivity contribution in [2.45, 2.75) is 70.8 Å². The fourth-order valence-corrected chi connectivity index (χ4v) is 4.44. The molecule has 1 saturated heterocycles. The molecule has 1 atom stereocenters. The molecule has 4 rings (SSSR count). The molecule has 1 amide bonds. The van der Waals surface area contributed by atoms with Gasteiger partial charge in [0.1, 0.15) is 11.6 Å². The highest BCUT2D eigenvalue weighted by Crippen LogP contribution is 2.30. The molecule has 1 aromatic carbocycles. The second kappa shape index (κ2) is 7.83. The molecule has 5 nitrogen and oxygen atoms in total. The molecule has 0 saturated carbocycles. The number of likely N-dealkylation sites (tertiary alicyclic amines) is 1. The number of amides is 1. The van der Waals surface area contributed by atoms with Crippen molar-refractivity contribution >= 4 is 5.91 Å². The van der Waals surface area contributed by atoms with Crippen molar-refractivity contribution in [3.05, 3.63) is 47.0 Å². The minimum Gasteiger partial charge on any atom is -0.342 e. The van der Waals surface area contributed by atoms with E-state index in [0.29, 0.717) is 5.92 Å². The van der Waals surface area contributed by atoms with Crippen molar-refractivity contribution in [3.8, 4) is 0 Å². The number of rotatable bonds is 3. The number of carbonyl (C=O) groups excluding carboxylic acids is 1. The summed E-state index contributed by atoms with van der Waals surface area (Å²) in [6.45, 7) is 6.80. The number of benzene rings is 1. The third-order valence-corrected chi connectivity index (χ3v) is 6.26. The summed E-state index contributed by atoms with van der Waals surface area (Å²) >= 11 is 0. The summed E-state index contributed by atoms with van der Waals surface area (Å²) in [6, 6.07) is 8.33. The first-order chi connectivity index (χ1) is 13.1. The van der Waals surface area contributed by atoms with Gasteiger partial charge in [0, 0.05) is 32.0 Å². The zero-order chi connectivity index (χ0) is 18.8. The highest BCUT2D eigenvalue weighted by Gasteiger charge is 2.30. The molecule has 1 unspecified atom stereocenters. The number of piperidine rings is 1. The lowest BCUT2D eigenvalue weighted by molar-refractivity contribution is -0.133. The number of aryl methyl sites for hydroxylation is 2. The first-order valence-electron chi connectivity index (χ1n) is 10.4. The molecule has 0 aliphatic carbocycles. The van der Waals surface area contributed by atoms with Gasteiger partial charge in [-0.1, -0.05) is 36.2 Å². The molecule has 27 heavy (non-hydrogen) atoms. The average Bonchev–Trinajstić information content (AvgIpc) is 2.95. The molecule has 2 aliphatic heterocycles. The van der Waals surface area contributed by atoms with Gasteiger partial charge < -0.3 is 9.47 Å². The largest absolute Gasteiger partial charge is 0.342 e. The SMILES string of the molecule is Cc1ccc(C(C)C(=O)N2CCC(c3nnc4n3CCCCC4)CC2)cc1. The molecule has 2 aliphatic rings. The molecule has 0 N–H and O–H groups in total. The molecule has 1 aromatic heterocycles. The molecule has 0 bridgehead atoms. The zero-order valence-electron chi connectivity index (χ0n) is 16.5. The average molecular weight is 367 g/mol. The van der Waals surface area contributed by atoms with Gasteiger partial charge in [0.05, 0.1) is 5.92 Å². The van der Waals surface area contributed by atoms with E-state index in [9.17, 15) is 4.79 Å². The third-order valence-electron chi connectivity index (χ3n) is 6.26. The molecule has 0 radical (unpaired) electrons. The van der Waals surface area contributed by atoms with E-state index >= 15 is 0 Å². The van der Waals surface area contributed by atoms with Crippen LogP contribution in [-0.2, 0) is 17.8 Å². The van der Waals surface area contributed by atoms with Crippen LogP contribution >= 0.6 is 0 Å². The first-order valence-corrected chi connectivity index (χ1v) is 10.4. The molecule has 0 spiro atoms. The maximum atomic E-state index is 12.9. The van der Waals surface area contributed by atoms with Gasteiger partial charge in [-0.25, -0.2) is 0 Å². The lowest BCUT2D eigenvalue weighted by atomic mass is 9.93. The Hall–Kier alpha value is -2.17. The van der Waals surface area contributed by atoms with Gasteiger partial charge >= 0.3 is 0 Å².